The summed E-state index contributed by atoms with van der Waals surface area (Å²) in [5.41, 5.74) is -0.917. The molecular weight excluding hydrogens is 434 g/mol. The number of hydrogen-bond donors (Lipinski definition) is 1. The van der Waals surface area contributed by atoms with Gasteiger partial charge in [-0.25, -0.2) is 4.99 Å². The zero-order chi connectivity index (χ0) is 22.8. The standard InChI is InChI=1S/C22H17N3O6S/c1-11(26)18-19-14-5-3-4-6-16(14)31-22(18,2)23-21-24(19)20(28)17(32-21)10-12-9-13(25(29)30)7-8-15(12)27/h3-10,18-19,27H,1-2H3/b17-10-/t18-,19+,22+/m1/s1. The summed E-state index contributed by atoms with van der Waals surface area (Å²) in [5, 5.41) is 21.3. The average Bonchev–Trinajstić information content (AvgIpc) is 3.02. The summed E-state index contributed by atoms with van der Waals surface area (Å²) >= 11 is 1.08. The van der Waals surface area contributed by atoms with Gasteiger partial charge in [0.15, 0.2) is 4.80 Å². The number of benzene rings is 2. The SMILES string of the molecule is CC(=O)[C@@H]1[C@@H]2c3ccccc3O[C@]1(C)N=c1s/c(=C\c3cc([N+](=O)[O-])ccc3O)c(=O)n12. The topological polar surface area (TPSA) is 124 Å². The number of non-ortho nitro benzene ring substituents is 1. The van der Waals surface area contributed by atoms with E-state index in [2.05, 4.69) is 4.99 Å². The van der Waals surface area contributed by atoms with Crippen molar-refractivity contribution >= 4 is 28.9 Å². The molecule has 0 radical (unpaired) electrons. The van der Waals surface area contributed by atoms with Crippen LogP contribution < -0.4 is 19.6 Å². The number of ether oxygens (including phenoxy) is 1. The monoisotopic (exact) mass is 451 g/mol. The first kappa shape index (κ1) is 20.1. The normalized spacial score (nSPS) is 23.5. The largest absolute Gasteiger partial charge is 0.507 e. The van der Waals surface area contributed by atoms with Crippen LogP contribution in [0.4, 0.5) is 5.69 Å². The number of Topliss-reactive ketones (excluding diaryl/α,β-unsaturated/α-hetero) is 1. The minimum atomic E-state index is -1.17. The number of nitro benzene ring substituents is 1. The molecule has 3 aromatic rings. The summed E-state index contributed by atoms with van der Waals surface area (Å²) in [6, 6.07) is 10.2. The molecule has 10 heteroatoms. The molecule has 0 aliphatic carbocycles. The molecule has 0 amide bonds. The number of para-hydroxylation sites is 1. The predicted octanol–water partition coefficient (Wildman–Crippen LogP) is 1.89. The van der Waals surface area contributed by atoms with E-state index in [0.717, 1.165) is 11.3 Å². The fourth-order valence-electron chi connectivity index (χ4n) is 4.47. The number of fused-ring (bicyclic) bond motifs is 6. The van der Waals surface area contributed by atoms with E-state index >= 15 is 0 Å². The summed E-state index contributed by atoms with van der Waals surface area (Å²) in [7, 11) is 0. The van der Waals surface area contributed by atoms with Crippen molar-refractivity contribution in [3.05, 3.63) is 83.4 Å². The van der Waals surface area contributed by atoms with E-state index in [4.69, 9.17) is 4.74 Å². The van der Waals surface area contributed by atoms with Crippen LogP contribution in [0.1, 0.15) is 31.0 Å². The van der Waals surface area contributed by atoms with Crippen molar-refractivity contribution in [2.24, 2.45) is 10.9 Å². The van der Waals surface area contributed by atoms with Crippen LogP contribution >= 0.6 is 11.3 Å². The number of aromatic nitrogens is 1. The maximum atomic E-state index is 13.4. The van der Waals surface area contributed by atoms with Crippen molar-refractivity contribution in [3.8, 4) is 11.5 Å². The highest BCUT2D eigenvalue weighted by Crippen LogP contribution is 2.47. The summed E-state index contributed by atoms with van der Waals surface area (Å²) < 4.78 is 7.85. The molecule has 5 rings (SSSR count). The van der Waals surface area contributed by atoms with Gasteiger partial charge < -0.3 is 9.84 Å². The number of phenolic OH excluding ortho intramolecular Hbond substituents is 1. The second-order valence-corrected chi connectivity index (χ2v) is 8.92. The quantitative estimate of drug-likeness (QED) is 0.479. The van der Waals surface area contributed by atoms with Gasteiger partial charge in [0.1, 0.15) is 23.2 Å². The molecule has 3 atom stereocenters. The van der Waals surface area contributed by atoms with Crippen LogP contribution in [-0.4, -0.2) is 26.1 Å². The third kappa shape index (κ3) is 2.87. The minimum Gasteiger partial charge on any atom is -0.507 e. The summed E-state index contributed by atoms with van der Waals surface area (Å²) in [4.78, 5) is 41.6. The Morgan fingerprint density at radius 2 is 2.09 bits per heavy atom. The highest BCUT2D eigenvalue weighted by Gasteiger charge is 2.53. The van der Waals surface area contributed by atoms with Gasteiger partial charge in [-0.05, 0) is 32.1 Å². The fraction of sp³-hybridized carbons (Fsp3) is 0.227. The van der Waals surface area contributed by atoms with Gasteiger partial charge in [-0.2, -0.15) is 0 Å². The number of carbonyl (C=O) groups is 1. The Morgan fingerprint density at radius 1 is 1.34 bits per heavy atom. The average molecular weight is 451 g/mol. The van der Waals surface area contributed by atoms with E-state index in [1.54, 1.807) is 13.0 Å². The number of hydrogen-bond acceptors (Lipinski definition) is 8. The zero-order valence-corrected chi connectivity index (χ0v) is 17.8. The third-order valence-electron chi connectivity index (χ3n) is 5.83. The smallest absolute Gasteiger partial charge is 0.270 e. The van der Waals surface area contributed by atoms with Crippen molar-refractivity contribution in [1.82, 2.24) is 4.57 Å². The van der Waals surface area contributed by atoms with E-state index < -0.39 is 28.2 Å². The van der Waals surface area contributed by atoms with Crippen LogP contribution in [0, 0.1) is 16.0 Å². The molecule has 0 unspecified atom stereocenters. The van der Waals surface area contributed by atoms with Gasteiger partial charge in [0.25, 0.3) is 11.2 Å². The molecule has 162 valence electrons. The van der Waals surface area contributed by atoms with Crippen molar-refractivity contribution in [3.63, 3.8) is 0 Å². The number of aromatic hydroxyl groups is 1. The molecule has 2 aromatic carbocycles. The number of ketones is 1. The Balaban J connectivity index is 1.79. The van der Waals surface area contributed by atoms with E-state index in [1.807, 2.05) is 18.2 Å². The van der Waals surface area contributed by atoms with Crippen LogP contribution in [-0.2, 0) is 4.79 Å². The molecule has 2 aliphatic heterocycles. The highest BCUT2D eigenvalue weighted by molar-refractivity contribution is 7.07. The van der Waals surface area contributed by atoms with Gasteiger partial charge in [0, 0.05) is 23.3 Å². The van der Waals surface area contributed by atoms with E-state index in [9.17, 15) is 24.8 Å². The number of carbonyl (C=O) groups excluding carboxylic acids is 1. The molecule has 1 N–H and O–H groups in total. The Hall–Kier alpha value is -3.79. The molecule has 0 saturated heterocycles. The number of rotatable bonds is 3. The van der Waals surface area contributed by atoms with Gasteiger partial charge in [-0.3, -0.25) is 24.3 Å². The minimum absolute atomic E-state index is 0.143. The summed E-state index contributed by atoms with van der Waals surface area (Å²) in [5.74, 6) is -0.478. The third-order valence-corrected chi connectivity index (χ3v) is 6.81. The molecule has 2 bridgehead atoms. The summed E-state index contributed by atoms with van der Waals surface area (Å²) in [6.45, 7) is 3.19. The molecular formula is C22H17N3O6S. The van der Waals surface area contributed by atoms with E-state index in [1.165, 1.54) is 35.8 Å². The maximum Gasteiger partial charge on any atom is 0.270 e. The van der Waals surface area contributed by atoms with Gasteiger partial charge >= 0.3 is 0 Å². The number of phenols is 1. The van der Waals surface area contributed by atoms with Gasteiger partial charge in [0.05, 0.1) is 15.5 Å². The van der Waals surface area contributed by atoms with Crippen LogP contribution in [0.25, 0.3) is 6.08 Å². The van der Waals surface area contributed by atoms with E-state index in [-0.39, 0.29) is 27.3 Å². The lowest BCUT2D eigenvalue weighted by atomic mass is 9.79. The Morgan fingerprint density at radius 3 is 2.81 bits per heavy atom. The number of nitrogens with zero attached hydrogens (tertiary/aromatic N) is 3. The van der Waals surface area contributed by atoms with Gasteiger partial charge in [0.2, 0.25) is 5.72 Å². The molecule has 2 aliphatic rings. The Kier molecular flexibility index (Phi) is 4.31. The first-order valence-electron chi connectivity index (χ1n) is 9.78. The predicted molar refractivity (Wildman–Crippen MR) is 115 cm³/mol. The molecule has 1 aromatic heterocycles. The first-order valence-corrected chi connectivity index (χ1v) is 10.6. The van der Waals surface area contributed by atoms with Crippen LogP contribution in [0.2, 0.25) is 0 Å². The number of nitro groups is 1. The van der Waals surface area contributed by atoms with Crippen molar-refractivity contribution in [1.29, 1.82) is 0 Å². The van der Waals surface area contributed by atoms with Gasteiger partial charge in [-0.1, -0.05) is 29.5 Å². The maximum absolute atomic E-state index is 13.4. The first-order chi connectivity index (χ1) is 15.2. The van der Waals surface area contributed by atoms with Crippen molar-refractivity contribution in [2.75, 3.05) is 0 Å². The second kappa shape index (κ2) is 6.86. The Labute approximate surface area is 184 Å². The molecule has 32 heavy (non-hydrogen) atoms. The molecule has 0 saturated carbocycles. The lowest BCUT2D eigenvalue weighted by Crippen LogP contribution is -2.58. The highest BCUT2D eigenvalue weighted by atomic mass is 32.1. The number of thiazole rings is 1. The fourth-order valence-corrected chi connectivity index (χ4v) is 5.56. The van der Waals surface area contributed by atoms with Gasteiger partial charge in [-0.15, -0.1) is 0 Å². The second-order valence-electron chi connectivity index (χ2n) is 7.91. The van der Waals surface area contributed by atoms with Crippen molar-refractivity contribution < 1.29 is 19.6 Å². The van der Waals surface area contributed by atoms with Crippen LogP contribution in [0.15, 0.2) is 52.3 Å². The molecule has 9 nitrogen and oxygen atoms in total. The zero-order valence-electron chi connectivity index (χ0n) is 17.0. The Bertz CT molecular complexity index is 1490. The van der Waals surface area contributed by atoms with Crippen molar-refractivity contribution in [2.45, 2.75) is 25.6 Å². The lowest BCUT2D eigenvalue weighted by Gasteiger charge is -2.45. The molecule has 3 heterocycles. The summed E-state index contributed by atoms with van der Waals surface area (Å²) in [6.07, 6.45) is 1.40. The van der Waals surface area contributed by atoms with E-state index in [0.29, 0.717) is 16.1 Å². The van der Waals surface area contributed by atoms with Crippen LogP contribution in [0.5, 0.6) is 11.5 Å². The van der Waals surface area contributed by atoms with Crippen LogP contribution in [0.3, 0.4) is 0 Å². The molecule has 0 fully saturated rings. The lowest BCUT2D eigenvalue weighted by molar-refractivity contribution is -0.384. The molecule has 0 spiro atoms.